The molecule has 20 heavy (non-hydrogen) atoms. The van der Waals surface area contributed by atoms with Gasteiger partial charge < -0.3 is 9.52 Å². The Hall–Kier alpha value is -1.00. The molecule has 0 radical (unpaired) electrons. The standard InChI is InChI=1S/C10H6F2O6S.Na.H/c11-6-2-5-4(3-19(15,16)17)1-7(13)18-10(5)8(12)9(6)14;;/h1-2,14H,3H2,(H,15,16,17);;. The third kappa shape index (κ3) is 3.36. The Labute approximate surface area is 133 Å². The summed E-state index contributed by atoms with van der Waals surface area (Å²) >= 11 is 0. The first-order valence-electron chi connectivity index (χ1n) is 4.78. The molecule has 0 atom stereocenters. The van der Waals surface area contributed by atoms with Gasteiger partial charge in [-0.05, 0) is 11.6 Å². The normalized spacial score (nSPS) is 11.3. The molecular weight excluding hydrogens is 309 g/mol. The van der Waals surface area contributed by atoms with Crippen LogP contribution in [0.25, 0.3) is 11.0 Å². The zero-order valence-corrected chi connectivity index (χ0v) is 9.87. The van der Waals surface area contributed by atoms with Crippen molar-refractivity contribution in [1.82, 2.24) is 0 Å². The molecule has 0 aliphatic rings. The van der Waals surface area contributed by atoms with E-state index in [9.17, 15) is 22.0 Å². The molecule has 10 heteroatoms. The third-order valence-electron chi connectivity index (χ3n) is 2.33. The fraction of sp³-hybridized carbons (Fsp3) is 0.100. The fourth-order valence-corrected chi connectivity index (χ4v) is 2.23. The van der Waals surface area contributed by atoms with Gasteiger partial charge in [-0.1, -0.05) is 0 Å². The summed E-state index contributed by atoms with van der Waals surface area (Å²) in [5.74, 6) is -5.24. The van der Waals surface area contributed by atoms with Crippen molar-refractivity contribution in [3.63, 3.8) is 0 Å². The summed E-state index contributed by atoms with van der Waals surface area (Å²) in [6, 6.07) is 1.29. The van der Waals surface area contributed by atoms with Crippen molar-refractivity contribution < 1.29 is 31.3 Å². The topological polar surface area (TPSA) is 105 Å². The number of fused-ring (bicyclic) bond motifs is 1. The van der Waals surface area contributed by atoms with Gasteiger partial charge in [0.15, 0.2) is 17.1 Å². The predicted octanol–water partition coefficient (Wildman–Crippen LogP) is 0.516. The van der Waals surface area contributed by atoms with E-state index >= 15 is 0 Å². The predicted molar refractivity (Wildman–Crippen MR) is 66.5 cm³/mol. The number of phenols is 1. The first-order chi connectivity index (χ1) is 8.69. The Morgan fingerprint density at radius 1 is 1.25 bits per heavy atom. The minimum atomic E-state index is -4.51. The summed E-state index contributed by atoms with van der Waals surface area (Å²) in [6.45, 7) is 0. The third-order valence-corrected chi connectivity index (χ3v) is 3.00. The first-order valence-corrected chi connectivity index (χ1v) is 6.39. The summed E-state index contributed by atoms with van der Waals surface area (Å²) in [4.78, 5) is 11.2. The van der Waals surface area contributed by atoms with Crippen LogP contribution >= 0.6 is 0 Å². The molecule has 1 aromatic heterocycles. The van der Waals surface area contributed by atoms with E-state index in [0.29, 0.717) is 12.1 Å². The fourth-order valence-electron chi connectivity index (χ4n) is 1.60. The molecule has 6 nitrogen and oxygen atoms in total. The van der Waals surface area contributed by atoms with E-state index in [-0.39, 0.29) is 40.5 Å². The van der Waals surface area contributed by atoms with Gasteiger partial charge in [-0.3, -0.25) is 4.55 Å². The summed E-state index contributed by atoms with van der Waals surface area (Å²) in [6.07, 6.45) is 0. The monoisotopic (exact) mass is 316 g/mol. The Morgan fingerprint density at radius 3 is 2.40 bits per heavy atom. The molecule has 2 aromatic rings. The van der Waals surface area contributed by atoms with E-state index in [1.54, 1.807) is 0 Å². The molecule has 0 fully saturated rings. The van der Waals surface area contributed by atoms with Crippen LogP contribution in [0, 0.1) is 11.6 Å². The molecule has 0 unspecified atom stereocenters. The number of halogens is 2. The Bertz CT molecular complexity index is 830. The molecule has 0 saturated heterocycles. The maximum atomic E-state index is 13.5. The summed E-state index contributed by atoms with van der Waals surface area (Å²) in [7, 11) is -4.51. The van der Waals surface area contributed by atoms with Gasteiger partial charge in [0.1, 0.15) is 5.75 Å². The van der Waals surface area contributed by atoms with E-state index in [1.165, 1.54) is 0 Å². The van der Waals surface area contributed by atoms with Gasteiger partial charge in [0.2, 0.25) is 5.82 Å². The van der Waals surface area contributed by atoms with Crippen LogP contribution in [0.4, 0.5) is 8.78 Å². The van der Waals surface area contributed by atoms with E-state index < -0.39 is 44.5 Å². The van der Waals surface area contributed by atoms with Crippen molar-refractivity contribution in [2.45, 2.75) is 5.75 Å². The van der Waals surface area contributed by atoms with Crippen molar-refractivity contribution in [3.05, 3.63) is 39.8 Å². The molecule has 104 valence electrons. The summed E-state index contributed by atoms with van der Waals surface area (Å²) in [5.41, 5.74) is -2.23. The van der Waals surface area contributed by atoms with Crippen molar-refractivity contribution in [3.8, 4) is 5.75 Å². The molecule has 0 aliphatic carbocycles. The summed E-state index contributed by atoms with van der Waals surface area (Å²) < 4.78 is 61.4. The van der Waals surface area contributed by atoms with Crippen molar-refractivity contribution in [2.24, 2.45) is 0 Å². The average Bonchev–Trinajstić information content (AvgIpc) is 2.26. The molecule has 0 saturated carbocycles. The van der Waals surface area contributed by atoms with Gasteiger partial charge in [0.05, 0.1) is 0 Å². The van der Waals surface area contributed by atoms with Gasteiger partial charge in [0.25, 0.3) is 10.1 Å². The van der Waals surface area contributed by atoms with Gasteiger partial charge in [0, 0.05) is 11.5 Å². The SMILES string of the molecule is O=c1cc(CS(=O)(=O)O)c2cc(F)c(O)c(F)c2o1.[NaH]. The van der Waals surface area contributed by atoms with Crippen LogP contribution in [-0.2, 0) is 15.9 Å². The minimum absolute atomic E-state index is 0. The van der Waals surface area contributed by atoms with E-state index in [2.05, 4.69) is 4.42 Å². The Kier molecular flexibility index (Phi) is 4.93. The Balaban J connectivity index is 0.00000200. The van der Waals surface area contributed by atoms with Gasteiger partial charge in [-0.15, -0.1) is 0 Å². The average molecular weight is 316 g/mol. The van der Waals surface area contributed by atoms with Crippen molar-refractivity contribution >= 4 is 50.6 Å². The summed E-state index contributed by atoms with van der Waals surface area (Å²) in [5, 5.41) is 8.67. The quantitative estimate of drug-likeness (QED) is 0.475. The number of hydrogen-bond donors (Lipinski definition) is 2. The molecule has 2 N–H and O–H groups in total. The van der Waals surface area contributed by atoms with Crippen LogP contribution in [-0.4, -0.2) is 47.6 Å². The molecule has 0 aliphatic heterocycles. The number of phenolic OH excluding ortho intramolecular Hbond substituents is 1. The molecular formula is C10H7F2NaO6S. The first kappa shape index (κ1) is 17.1. The molecule has 0 bridgehead atoms. The molecule has 1 aromatic carbocycles. The van der Waals surface area contributed by atoms with Gasteiger partial charge >= 0.3 is 35.2 Å². The van der Waals surface area contributed by atoms with Gasteiger partial charge in [-0.25, -0.2) is 9.18 Å². The number of benzene rings is 1. The van der Waals surface area contributed by atoms with Crippen LogP contribution in [0.5, 0.6) is 5.75 Å². The van der Waals surface area contributed by atoms with E-state index in [1.807, 2.05) is 0 Å². The molecule has 2 rings (SSSR count). The zero-order chi connectivity index (χ0) is 14.4. The van der Waals surface area contributed by atoms with Crippen molar-refractivity contribution in [2.75, 3.05) is 0 Å². The van der Waals surface area contributed by atoms with Crippen LogP contribution in [0.2, 0.25) is 0 Å². The van der Waals surface area contributed by atoms with Crippen LogP contribution in [0.1, 0.15) is 5.56 Å². The van der Waals surface area contributed by atoms with E-state index in [0.717, 1.165) is 0 Å². The second-order valence-electron chi connectivity index (χ2n) is 3.71. The maximum absolute atomic E-state index is 13.5. The van der Waals surface area contributed by atoms with Crippen LogP contribution in [0.3, 0.4) is 0 Å². The second-order valence-corrected chi connectivity index (χ2v) is 5.17. The Morgan fingerprint density at radius 2 is 1.85 bits per heavy atom. The van der Waals surface area contributed by atoms with Crippen LogP contribution < -0.4 is 5.63 Å². The zero-order valence-electron chi connectivity index (χ0n) is 9.05. The van der Waals surface area contributed by atoms with Crippen LogP contribution in [0.15, 0.2) is 21.3 Å². The van der Waals surface area contributed by atoms with Gasteiger partial charge in [-0.2, -0.15) is 12.8 Å². The number of aromatic hydroxyl groups is 1. The number of hydrogen-bond acceptors (Lipinski definition) is 5. The molecule has 0 spiro atoms. The molecule has 1 heterocycles. The molecule has 0 amide bonds. The second kappa shape index (κ2) is 5.78. The van der Waals surface area contributed by atoms with Crippen molar-refractivity contribution in [1.29, 1.82) is 0 Å². The van der Waals surface area contributed by atoms with E-state index in [4.69, 9.17) is 9.66 Å². The number of rotatable bonds is 2.